The highest BCUT2D eigenvalue weighted by atomic mass is 31.2. The summed E-state index contributed by atoms with van der Waals surface area (Å²) in [6, 6.07) is 0. The lowest BCUT2D eigenvalue weighted by molar-refractivity contribution is 0.167. The standard InChI is InChI=1S/C20H44FO3PSi/c1-7-10-11-12-13-14-15-16-17-18-19-20(21,26(4,5)6)25(22,23-8-2)24-9-3/h7-19H2,1-6H3. The molecule has 3 nitrogen and oxygen atoms in total. The van der Waals surface area contributed by atoms with Crippen LogP contribution in [0.2, 0.25) is 19.6 Å². The van der Waals surface area contributed by atoms with Gasteiger partial charge in [-0.25, -0.2) is 4.39 Å². The van der Waals surface area contributed by atoms with E-state index in [-0.39, 0.29) is 19.6 Å². The van der Waals surface area contributed by atoms with E-state index in [1.54, 1.807) is 13.8 Å². The predicted molar refractivity (Wildman–Crippen MR) is 115 cm³/mol. The minimum absolute atomic E-state index is 0.214. The Bertz CT molecular complexity index is 391. The van der Waals surface area contributed by atoms with Crippen molar-refractivity contribution in [3.8, 4) is 0 Å². The summed E-state index contributed by atoms with van der Waals surface area (Å²) < 4.78 is 40.0. The van der Waals surface area contributed by atoms with Gasteiger partial charge in [0.15, 0.2) is 5.03 Å². The van der Waals surface area contributed by atoms with Crippen molar-refractivity contribution in [3.05, 3.63) is 0 Å². The maximum absolute atomic E-state index is 16.0. The second-order valence-electron chi connectivity index (χ2n) is 8.27. The highest BCUT2D eigenvalue weighted by Crippen LogP contribution is 2.66. The third kappa shape index (κ3) is 8.54. The molecule has 0 radical (unpaired) electrons. The molecule has 0 aromatic rings. The summed E-state index contributed by atoms with van der Waals surface area (Å²) in [6.07, 6.45) is 12.3. The maximum atomic E-state index is 16.0. The first kappa shape index (κ1) is 26.3. The Morgan fingerprint density at radius 1 is 0.769 bits per heavy atom. The summed E-state index contributed by atoms with van der Waals surface area (Å²) in [6.45, 7) is 11.9. The van der Waals surface area contributed by atoms with Crippen molar-refractivity contribution < 1.29 is 18.0 Å². The van der Waals surface area contributed by atoms with Crippen molar-refractivity contribution in [1.82, 2.24) is 0 Å². The zero-order valence-electron chi connectivity index (χ0n) is 18.2. The first-order valence-corrected chi connectivity index (χ1v) is 15.8. The Morgan fingerprint density at radius 3 is 1.50 bits per heavy atom. The van der Waals surface area contributed by atoms with Gasteiger partial charge in [-0.15, -0.1) is 0 Å². The fraction of sp³-hybridized carbons (Fsp3) is 1.00. The fourth-order valence-electron chi connectivity index (χ4n) is 3.35. The molecule has 0 rings (SSSR count). The molecule has 0 amide bonds. The van der Waals surface area contributed by atoms with Crippen molar-refractivity contribution in [2.45, 2.75) is 116 Å². The van der Waals surface area contributed by atoms with Gasteiger partial charge in [0.25, 0.3) is 0 Å². The van der Waals surface area contributed by atoms with Crippen LogP contribution in [0.15, 0.2) is 0 Å². The van der Waals surface area contributed by atoms with Crippen LogP contribution >= 0.6 is 7.60 Å². The molecule has 1 atom stereocenters. The minimum atomic E-state index is -3.74. The van der Waals surface area contributed by atoms with Gasteiger partial charge in [-0.1, -0.05) is 84.4 Å². The lowest BCUT2D eigenvalue weighted by atomic mass is 10.1. The van der Waals surface area contributed by atoms with Gasteiger partial charge in [0.1, 0.15) is 8.07 Å². The quantitative estimate of drug-likeness (QED) is 0.138. The molecule has 0 aliphatic carbocycles. The van der Waals surface area contributed by atoms with Crippen LogP contribution in [0.5, 0.6) is 0 Å². The van der Waals surface area contributed by atoms with E-state index in [2.05, 4.69) is 6.92 Å². The Hall–Kier alpha value is 0.297. The van der Waals surface area contributed by atoms with Gasteiger partial charge in [0, 0.05) is 0 Å². The van der Waals surface area contributed by atoms with E-state index in [0.29, 0.717) is 0 Å². The average molecular weight is 411 g/mol. The van der Waals surface area contributed by atoms with Gasteiger partial charge < -0.3 is 9.05 Å². The molecule has 26 heavy (non-hydrogen) atoms. The largest absolute Gasteiger partial charge is 0.363 e. The van der Waals surface area contributed by atoms with Gasteiger partial charge in [0.2, 0.25) is 0 Å². The average Bonchev–Trinajstić information content (AvgIpc) is 2.55. The van der Waals surface area contributed by atoms with E-state index >= 15 is 4.39 Å². The summed E-state index contributed by atoms with van der Waals surface area (Å²) in [5, 5.41) is -1.81. The molecule has 0 saturated carbocycles. The molecule has 0 N–H and O–H groups in total. The van der Waals surface area contributed by atoms with Crippen molar-refractivity contribution in [1.29, 1.82) is 0 Å². The van der Waals surface area contributed by atoms with Crippen LogP contribution in [-0.4, -0.2) is 26.3 Å². The van der Waals surface area contributed by atoms with Gasteiger partial charge in [-0.05, 0) is 26.7 Å². The molecule has 0 spiro atoms. The molecule has 0 bridgehead atoms. The first-order valence-electron chi connectivity index (χ1n) is 10.8. The van der Waals surface area contributed by atoms with Crippen LogP contribution in [0.3, 0.4) is 0 Å². The Balaban J connectivity index is 4.46. The first-order chi connectivity index (χ1) is 12.2. The van der Waals surface area contributed by atoms with E-state index in [1.807, 2.05) is 19.6 Å². The number of alkyl halides is 1. The number of hydrogen-bond donors (Lipinski definition) is 0. The molecular formula is C20H44FO3PSi. The van der Waals surface area contributed by atoms with Gasteiger partial charge >= 0.3 is 7.60 Å². The maximum Gasteiger partial charge on any atom is 0.363 e. The normalized spacial score (nSPS) is 15.2. The van der Waals surface area contributed by atoms with Crippen LogP contribution in [0.25, 0.3) is 0 Å². The Labute approximate surface area is 163 Å². The van der Waals surface area contributed by atoms with E-state index in [0.717, 1.165) is 19.3 Å². The topological polar surface area (TPSA) is 35.5 Å². The second kappa shape index (κ2) is 13.5. The van der Waals surface area contributed by atoms with Gasteiger partial charge in [-0.2, -0.15) is 0 Å². The third-order valence-electron chi connectivity index (χ3n) is 5.04. The zero-order chi connectivity index (χ0) is 20.1. The van der Waals surface area contributed by atoms with E-state index < -0.39 is 20.7 Å². The van der Waals surface area contributed by atoms with E-state index in [9.17, 15) is 4.57 Å². The fourth-order valence-corrected chi connectivity index (χ4v) is 9.55. The lowest BCUT2D eigenvalue weighted by Crippen LogP contribution is -2.49. The molecular weight excluding hydrogens is 366 g/mol. The van der Waals surface area contributed by atoms with Gasteiger partial charge in [-0.3, -0.25) is 4.57 Å². The molecule has 0 aliphatic heterocycles. The molecule has 0 aromatic heterocycles. The highest BCUT2D eigenvalue weighted by molar-refractivity contribution is 7.59. The molecule has 0 saturated heterocycles. The molecule has 0 aliphatic rings. The molecule has 158 valence electrons. The van der Waals surface area contributed by atoms with Crippen molar-refractivity contribution in [2.75, 3.05) is 13.2 Å². The Kier molecular flexibility index (Phi) is 13.6. The minimum Gasteiger partial charge on any atom is -0.307 e. The van der Waals surface area contributed by atoms with Crippen LogP contribution < -0.4 is 0 Å². The highest BCUT2D eigenvalue weighted by Gasteiger charge is 2.59. The van der Waals surface area contributed by atoms with Crippen molar-refractivity contribution in [2.24, 2.45) is 0 Å². The van der Waals surface area contributed by atoms with Crippen molar-refractivity contribution >= 4 is 15.7 Å². The summed E-state index contributed by atoms with van der Waals surface area (Å²) in [4.78, 5) is 0. The van der Waals surface area contributed by atoms with Crippen molar-refractivity contribution in [3.63, 3.8) is 0 Å². The van der Waals surface area contributed by atoms with E-state index in [4.69, 9.17) is 9.05 Å². The second-order valence-corrected chi connectivity index (χ2v) is 16.2. The summed E-state index contributed by atoms with van der Waals surface area (Å²) in [7, 11) is -6.14. The number of halogens is 1. The number of hydrogen-bond acceptors (Lipinski definition) is 3. The summed E-state index contributed by atoms with van der Waals surface area (Å²) in [5.74, 6) is 0. The third-order valence-corrected chi connectivity index (χ3v) is 12.7. The van der Waals surface area contributed by atoms with Crippen LogP contribution in [0.1, 0.15) is 91.4 Å². The predicted octanol–water partition coefficient (Wildman–Crippen LogP) is 8.11. The SMILES string of the molecule is CCCCCCCCCCCCC(F)([Si](C)(C)C)P(=O)(OCC)OCC. The monoisotopic (exact) mass is 410 g/mol. The lowest BCUT2D eigenvalue weighted by Gasteiger charge is -2.40. The molecule has 0 aromatic carbocycles. The summed E-state index contributed by atoms with van der Waals surface area (Å²) in [5.41, 5.74) is 0. The smallest absolute Gasteiger partial charge is 0.307 e. The van der Waals surface area contributed by atoms with Gasteiger partial charge in [0.05, 0.1) is 13.2 Å². The van der Waals surface area contributed by atoms with E-state index in [1.165, 1.54) is 44.9 Å². The van der Waals surface area contributed by atoms with Crippen LogP contribution in [-0.2, 0) is 13.6 Å². The Morgan fingerprint density at radius 2 is 1.15 bits per heavy atom. The number of unbranched alkanes of at least 4 members (excludes halogenated alkanes) is 9. The molecule has 0 fully saturated rings. The number of rotatable bonds is 17. The molecule has 1 unspecified atom stereocenters. The zero-order valence-corrected chi connectivity index (χ0v) is 20.1. The van der Waals surface area contributed by atoms with Crippen LogP contribution in [0.4, 0.5) is 4.39 Å². The molecule has 0 heterocycles. The summed E-state index contributed by atoms with van der Waals surface area (Å²) >= 11 is 0. The molecule has 6 heteroatoms. The van der Waals surface area contributed by atoms with Crippen LogP contribution in [0, 0.1) is 0 Å².